The van der Waals surface area contributed by atoms with Crippen molar-refractivity contribution in [1.82, 2.24) is 20.0 Å². The molecule has 4 aliphatic heterocycles. The molecule has 12 nitrogen and oxygen atoms in total. The number of likely N-dealkylation sites (tertiary alicyclic amines) is 1. The summed E-state index contributed by atoms with van der Waals surface area (Å²) in [6, 6.07) is -0.892. The molecule has 4 rings (SSSR count). The van der Waals surface area contributed by atoms with Gasteiger partial charge in [-0.25, -0.2) is 0 Å². The van der Waals surface area contributed by atoms with Crippen LogP contribution in [0.15, 0.2) is 25.3 Å². The number of carbonyl (C=O) groups is 4. The van der Waals surface area contributed by atoms with Crippen LogP contribution < -0.4 is 5.32 Å². The van der Waals surface area contributed by atoms with E-state index in [1.54, 1.807) is 28.9 Å². The first-order valence-corrected chi connectivity index (χ1v) is 17.6. The lowest BCUT2D eigenvalue weighted by Gasteiger charge is -2.38. The number of esters is 1. The number of aliphatic hydroxyl groups is 1. The molecule has 7 atom stereocenters. The second-order valence-electron chi connectivity index (χ2n) is 12.7. The topological polar surface area (TPSA) is 138 Å². The van der Waals surface area contributed by atoms with Crippen molar-refractivity contribution >= 4 is 39.6 Å². The molecular formula is C33H51BrN4O8. The summed E-state index contributed by atoms with van der Waals surface area (Å²) >= 11 is 3.71. The fraction of sp³-hybridized carbons (Fsp3) is 0.758. The Hall–Kier alpha value is -2.32. The fourth-order valence-corrected chi connectivity index (χ4v) is 8.21. The van der Waals surface area contributed by atoms with Crippen LogP contribution in [0.3, 0.4) is 0 Å². The van der Waals surface area contributed by atoms with Gasteiger partial charge in [-0.3, -0.25) is 24.1 Å². The minimum absolute atomic E-state index is 0.108. The summed E-state index contributed by atoms with van der Waals surface area (Å²) in [5.41, 5.74) is -1.18. The largest absolute Gasteiger partial charge is 0.460 e. The number of aliphatic hydroxyl groups excluding tert-OH is 1. The highest BCUT2D eigenvalue weighted by atomic mass is 79.9. The Morgan fingerprint density at radius 2 is 1.91 bits per heavy atom. The first kappa shape index (κ1) is 36.5. The minimum atomic E-state index is -1.18. The number of alkyl halides is 1. The molecule has 4 fully saturated rings. The second kappa shape index (κ2) is 17.2. The molecular weight excluding hydrogens is 660 g/mol. The normalized spacial score (nSPS) is 29.3. The van der Waals surface area contributed by atoms with Crippen molar-refractivity contribution < 1.29 is 38.5 Å². The van der Waals surface area contributed by atoms with Gasteiger partial charge in [0.15, 0.2) is 0 Å². The van der Waals surface area contributed by atoms with E-state index in [1.165, 1.54) is 0 Å². The zero-order chi connectivity index (χ0) is 33.3. The molecule has 0 aromatic rings. The number of rotatable bonds is 19. The van der Waals surface area contributed by atoms with E-state index >= 15 is 0 Å². The van der Waals surface area contributed by atoms with Crippen LogP contribution in [0.5, 0.6) is 0 Å². The summed E-state index contributed by atoms with van der Waals surface area (Å²) in [6.07, 6.45) is 6.32. The van der Waals surface area contributed by atoms with Gasteiger partial charge in [0.05, 0.1) is 37.7 Å². The molecule has 3 amide bonds. The fourth-order valence-electron chi connectivity index (χ4n) is 7.27. The SMILES string of the molecule is C=CCCC(=O)NC[C@@H](C)OC(=O)[C@H]1[C@@H]2O[C@@]3(CC2Br)[C@@H]1C(=O)N(CCCCCCO)[C@@H]3C(=O)N(CC=C)CCN1CCOCC1. The zero-order valence-electron chi connectivity index (χ0n) is 27.1. The maximum atomic E-state index is 14.6. The molecule has 0 aromatic carbocycles. The number of fused-ring (bicyclic) bond motifs is 1. The van der Waals surface area contributed by atoms with Gasteiger partial charge in [-0.15, -0.1) is 13.2 Å². The molecule has 0 saturated carbocycles. The summed E-state index contributed by atoms with van der Waals surface area (Å²) in [5, 5.41) is 12.0. The highest BCUT2D eigenvalue weighted by molar-refractivity contribution is 9.09. The smallest absolute Gasteiger partial charge is 0.312 e. The molecule has 46 heavy (non-hydrogen) atoms. The number of nitrogens with one attached hydrogen (secondary N) is 1. The third-order valence-corrected chi connectivity index (χ3v) is 10.4. The number of allylic oxidation sites excluding steroid dienone is 1. The lowest BCUT2D eigenvalue weighted by molar-refractivity contribution is -0.159. The van der Waals surface area contributed by atoms with Crippen LogP contribution in [0, 0.1) is 11.8 Å². The van der Waals surface area contributed by atoms with E-state index in [-0.39, 0.29) is 35.7 Å². The Labute approximate surface area is 280 Å². The van der Waals surface area contributed by atoms with Gasteiger partial charge in [0.2, 0.25) is 17.7 Å². The third kappa shape index (κ3) is 8.21. The first-order valence-electron chi connectivity index (χ1n) is 16.7. The molecule has 4 saturated heterocycles. The van der Waals surface area contributed by atoms with Gasteiger partial charge in [-0.05, 0) is 32.6 Å². The van der Waals surface area contributed by atoms with Gasteiger partial charge in [0, 0.05) is 57.1 Å². The van der Waals surface area contributed by atoms with E-state index in [0.717, 1.165) is 25.9 Å². The standard InChI is InChI=1S/C33H51BrN4O8/c1-4-6-11-25(40)35-22-23(3)45-32(43)26-27-30(41)38(13-9-7-8-10-18-39)29(33(27)21-24(34)28(26)46-33)31(42)37(12-5-2)15-14-36-16-19-44-20-17-36/h4-5,23-24,26-29,39H,1-2,6-22H2,3H3,(H,35,40)/t23-,24?,26-,27+,28-,29-,33+/m1/s1. The van der Waals surface area contributed by atoms with Gasteiger partial charge < -0.3 is 34.4 Å². The van der Waals surface area contributed by atoms with Crippen LogP contribution >= 0.6 is 15.9 Å². The monoisotopic (exact) mass is 710 g/mol. The Morgan fingerprint density at radius 1 is 1.17 bits per heavy atom. The number of carbonyl (C=O) groups excluding carboxylic acids is 4. The Balaban J connectivity index is 1.55. The number of morpholine rings is 1. The van der Waals surface area contributed by atoms with Crippen LogP contribution in [0.25, 0.3) is 0 Å². The summed E-state index contributed by atoms with van der Waals surface area (Å²) in [4.78, 5) is 60.1. The lowest BCUT2D eigenvalue weighted by atomic mass is 9.70. The quantitative estimate of drug-likeness (QED) is 0.0887. The summed E-state index contributed by atoms with van der Waals surface area (Å²) in [7, 11) is 0. The van der Waals surface area contributed by atoms with E-state index in [9.17, 15) is 24.3 Å². The van der Waals surface area contributed by atoms with Gasteiger partial charge >= 0.3 is 5.97 Å². The van der Waals surface area contributed by atoms with Crippen molar-refractivity contribution in [3.05, 3.63) is 25.3 Å². The number of hydrogen-bond donors (Lipinski definition) is 2. The van der Waals surface area contributed by atoms with Crippen LogP contribution in [0.1, 0.15) is 51.9 Å². The van der Waals surface area contributed by atoms with Crippen LogP contribution in [0.4, 0.5) is 0 Å². The molecule has 0 aromatic heterocycles. The van der Waals surface area contributed by atoms with E-state index in [2.05, 4.69) is 39.3 Å². The highest BCUT2D eigenvalue weighted by Crippen LogP contribution is 2.60. The third-order valence-electron chi connectivity index (χ3n) is 9.53. The van der Waals surface area contributed by atoms with Crippen molar-refractivity contribution in [2.75, 3.05) is 65.6 Å². The maximum Gasteiger partial charge on any atom is 0.312 e. The predicted octanol–water partition coefficient (Wildman–Crippen LogP) is 1.65. The Morgan fingerprint density at radius 3 is 2.61 bits per heavy atom. The van der Waals surface area contributed by atoms with Crippen molar-refractivity contribution in [3.63, 3.8) is 0 Å². The predicted molar refractivity (Wildman–Crippen MR) is 175 cm³/mol. The van der Waals surface area contributed by atoms with E-state index in [1.807, 2.05) is 0 Å². The van der Waals surface area contributed by atoms with E-state index < -0.39 is 41.7 Å². The van der Waals surface area contributed by atoms with Gasteiger partial charge in [0.25, 0.3) is 0 Å². The molecule has 258 valence electrons. The van der Waals surface area contributed by atoms with Crippen molar-refractivity contribution in [2.45, 2.75) is 80.5 Å². The number of nitrogens with zero attached hydrogens (tertiary/aromatic N) is 3. The number of ether oxygens (including phenoxy) is 3. The summed E-state index contributed by atoms with van der Waals surface area (Å²) in [6.45, 7) is 14.2. The van der Waals surface area contributed by atoms with Crippen molar-refractivity contribution in [1.29, 1.82) is 0 Å². The van der Waals surface area contributed by atoms with Gasteiger partial charge in [-0.2, -0.15) is 0 Å². The zero-order valence-corrected chi connectivity index (χ0v) is 28.7. The minimum Gasteiger partial charge on any atom is -0.460 e. The van der Waals surface area contributed by atoms with E-state index in [4.69, 9.17) is 14.2 Å². The molecule has 1 spiro atoms. The molecule has 13 heteroatoms. The van der Waals surface area contributed by atoms with Crippen LogP contribution in [-0.4, -0.2) is 138 Å². The number of amides is 3. The Bertz CT molecular complexity index is 1100. The van der Waals surface area contributed by atoms with Crippen molar-refractivity contribution in [2.24, 2.45) is 11.8 Å². The molecule has 2 N–H and O–H groups in total. The number of hydrogen-bond acceptors (Lipinski definition) is 9. The van der Waals surface area contributed by atoms with Crippen LogP contribution in [0.2, 0.25) is 0 Å². The summed E-state index contributed by atoms with van der Waals surface area (Å²) < 4.78 is 17.9. The first-order chi connectivity index (χ1) is 22.2. The van der Waals surface area contributed by atoms with Gasteiger partial charge in [0.1, 0.15) is 17.7 Å². The molecule has 2 bridgehead atoms. The molecule has 1 unspecified atom stereocenters. The summed E-state index contributed by atoms with van der Waals surface area (Å²) in [5.74, 6) is -2.94. The molecule has 4 aliphatic rings. The second-order valence-corrected chi connectivity index (χ2v) is 13.9. The van der Waals surface area contributed by atoms with Crippen molar-refractivity contribution in [3.8, 4) is 0 Å². The maximum absolute atomic E-state index is 14.6. The molecule has 4 heterocycles. The molecule has 0 radical (unpaired) electrons. The average molecular weight is 712 g/mol. The Kier molecular flexibility index (Phi) is 13.6. The number of unbranched alkanes of at least 4 members (excludes halogenated alkanes) is 3. The lowest BCUT2D eigenvalue weighted by Crippen LogP contribution is -2.57. The van der Waals surface area contributed by atoms with E-state index in [0.29, 0.717) is 71.5 Å². The van der Waals surface area contributed by atoms with Gasteiger partial charge in [-0.1, -0.05) is 40.9 Å². The highest BCUT2D eigenvalue weighted by Gasteiger charge is 2.77. The average Bonchev–Trinajstić information content (AvgIpc) is 3.64. The number of halogens is 1. The molecule has 0 aliphatic carbocycles. The van der Waals surface area contributed by atoms with Crippen LogP contribution in [-0.2, 0) is 33.4 Å².